The first-order chi connectivity index (χ1) is 13.5. The van der Waals surface area contributed by atoms with Crippen LogP contribution in [0.15, 0.2) is 54.6 Å². The molecule has 0 spiro atoms. The SMILES string of the molecule is O=C(O)N(CCOCc1ccccc1)CN(Cc1ccc(F)cc1)C(=O)CBr. The summed E-state index contributed by atoms with van der Waals surface area (Å²) in [5.74, 6) is -0.634. The van der Waals surface area contributed by atoms with Gasteiger partial charge in [-0.05, 0) is 23.3 Å². The van der Waals surface area contributed by atoms with E-state index in [1.165, 1.54) is 17.0 Å². The van der Waals surface area contributed by atoms with E-state index in [9.17, 15) is 19.1 Å². The summed E-state index contributed by atoms with van der Waals surface area (Å²) in [4.78, 5) is 26.3. The molecule has 0 fully saturated rings. The standard InChI is InChI=1S/C20H22BrFN2O4/c21-12-19(25)24(13-16-6-8-18(22)9-7-16)15-23(20(26)27)10-11-28-14-17-4-2-1-3-5-17/h1-9H,10-15H2,(H,26,27). The summed E-state index contributed by atoms with van der Waals surface area (Å²) in [7, 11) is 0. The van der Waals surface area contributed by atoms with Crippen molar-refractivity contribution < 1.29 is 23.8 Å². The first-order valence-corrected chi connectivity index (χ1v) is 9.79. The Morgan fingerprint density at radius 1 is 1.00 bits per heavy atom. The number of alkyl halides is 1. The van der Waals surface area contributed by atoms with Crippen LogP contribution in [0.2, 0.25) is 0 Å². The van der Waals surface area contributed by atoms with E-state index in [1.54, 1.807) is 12.1 Å². The van der Waals surface area contributed by atoms with E-state index in [2.05, 4.69) is 15.9 Å². The number of ether oxygens (including phenoxy) is 1. The molecule has 0 aliphatic heterocycles. The molecule has 6 nitrogen and oxygen atoms in total. The van der Waals surface area contributed by atoms with Gasteiger partial charge in [-0.2, -0.15) is 0 Å². The van der Waals surface area contributed by atoms with Gasteiger partial charge in [0.05, 0.1) is 25.2 Å². The molecule has 0 atom stereocenters. The molecule has 150 valence electrons. The number of carboxylic acid groups (broad SMARTS) is 1. The van der Waals surface area contributed by atoms with Crippen LogP contribution in [0.25, 0.3) is 0 Å². The van der Waals surface area contributed by atoms with E-state index in [1.807, 2.05) is 30.3 Å². The average molecular weight is 453 g/mol. The number of rotatable bonds is 10. The molecule has 8 heteroatoms. The lowest BCUT2D eigenvalue weighted by molar-refractivity contribution is -0.130. The Morgan fingerprint density at radius 2 is 1.68 bits per heavy atom. The number of carbonyl (C=O) groups is 2. The highest BCUT2D eigenvalue weighted by Crippen LogP contribution is 2.09. The maximum absolute atomic E-state index is 13.1. The van der Waals surface area contributed by atoms with Gasteiger partial charge in [-0.15, -0.1) is 0 Å². The Morgan fingerprint density at radius 3 is 2.29 bits per heavy atom. The molecular formula is C20H22BrFN2O4. The zero-order chi connectivity index (χ0) is 20.4. The number of amides is 2. The largest absolute Gasteiger partial charge is 0.465 e. The Bertz CT molecular complexity index is 759. The molecule has 2 amide bonds. The minimum absolute atomic E-state index is 0.0617. The van der Waals surface area contributed by atoms with Crippen LogP contribution in [0.5, 0.6) is 0 Å². The van der Waals surface area contributed by atoms with Crippen LogP contribution in [0.3, 0.4) is 0 Å². The first-order valence-electron chi connectivity index (χ1n) is 8.67. The molecule has 1 N–H and O–H groups in total. The normalized spacial score (nSPS) is 10.5. The summed E-state index contributed by atoms with van der Waals surface area (Å²) in [6.45, 7) is 0.783. The minimum atomic E-state index is -1.14. The molecule has 0 aromatic heterocycles. The van der Waals surface area contributed by atoms with Gasteiger partial charge in [-0.1, -0.05) is 58.4 Å². The zero-order valence-corrected chi connectivity index (χ0v) is 16.8. The number of hydrogen-bond acceptors (Lipinski definition) is 3. The van der Waals surface area contributed by atoms with E-state index in [0.29, 0.717) is 12.2 Å². The summed E-state index contributed by atoms with van der Waals surface area (Å²) in [5, 5.41) is 9.53. The van der Waals surface area contributed by atoms with Crippen LogP contribution in [-0.4, -0.2) is 52.1 Å². The number of carbonyl (C=O) groups excluding carboxylic acids is 1. The number of benzene rings is 2. The molecule has 0 aliphatic carbocycles. The van der Waals surface area contributed by atoms with Crippen LogP contribution in [0.1, 0.15) is 11.1 Å². The molecule has 2 rings (SSSR count). The molecular weight excluding hydrogens is 431 g/mol. The molecule has 0 heterocycles. The summed E-state index contributed by atoms with van der Waals surface area (Å²) < 4.78 is 18.6. The fourth-order valence-electron chi connectivity index (χ4n) is 2.48. The van der Waals surface area contributed by atoms with Gasteiger partial charge in [0.2, 0.25) is 5.91 Å². The Kier molecular flexibility index (Phi) is 8.90. The fraction of sp³-hybridized carbons (Fsp3) is 0.300. The van der Waals surface area contributed by atoms with Crippen molar-refractivity contribution in [2.24, 2.45) is 0 Å². The second kappa shape index (κ2) is 11.4. The van der Waals surface area contributed by atoms with Crippen molar-refractivity contribution in [1.29, 1.82) is 0 Å². The monoisotopic (exact) mass is 452 g/mol. The van der Waals surface area contributed by atoms with Crippen LogP contribution >= 0.6 is 15.9 Å². The smallest absolute Gasteiger partial charge is 0.408 e. The van der Waals surface area contributed by atoms with Crippen LogP contribution in [0.4, 0.5) is 9.18 Å². The Labute approximate surface area is 171 Å². The van der Waals surface area contributed by atoms with E-state index in [4.69, 9.17) is 4.74 Å². The van der Waals surface area contributed by atoms with Crippen LogP contribution in [-0.2, 0) is 22.7 Å². The van der Waals surface area contributed by atoms with Crippen molar-refractivity contribution in [3.05, 3.63) is 71.5 Å². The first kappa shape index (κ1) is 21.8. The van der Waals surface area contributed by atoms with Crippen molar-refractivity contribution >= 4 is 27.9 Å². The summed E-state index contributed by atoms with van der Waals surface area (Å²) >= 11 is 3.12. The third-order valence-electron chi connectivity index (χ3n) is 3.98. The lowest BCUT2D eigenvalue weighted by Gasteiger charge is -2.28. The number of hydrogen-bond donors (Lipinski definition) is 1. The summed E-state index contributed by atoms with van der Waals surface area (Å²) in [6, 6.07) is 15.3. The molecule has 28 heavy (non-hydrogen) atoms. The van der Waals surface area contributed by atoms with E-state index in [0.717, 1.165) is 10.5 Å². The predicted molar refractivity (Wildman–Crippen MR) is 106 cm³/mol. The number of halogens is 2. The van der Waals surface area contributed by atoms with Gasteiger partial charge in [0, 0.05) is 13.1 Å². The minimum Gasteiger partial charge on any atom is -0.465 e. The third-order valence-corrected chi connectivity index (χ3v) is 4.46. The second-order valence-electron chi connectivity index (χ2n) is 6.08. The highest BCUT2D eigenvalue weighted by Gasteiger charge is 2.20. The van der Waals surface area contributed by atoms with Gasteiger partial charge < -0.3 is 14.7 Å². The number of nitrogens with zero attached hydrogens (tertiary/aromatic N) is 2. The zero-order valence-electron chi connectivity index (χ0n) is 15.3. The van der Waals surface area contributed by atoms with Crippen LogP contribution < -0.4 is 0 Å². The van der Waals surface area contributed by atoms with E-state index >= 15 is 0 Å². The van der Waals surface area contributed by atoms with Crippen molar-refractivity contribution in [2.75, 3.05) is 25.2 Å². The summed E-state index contributed by atoms with van der Waals surface area (Å²) in [5.41, 5.74) is 1.71. The molecule has 0 unspecified atom stereocenters. The maximum Gasteiger partial charge on any atom is 0.408 e. The predicted octanol–water partition coefficient (Wildman–Crippen LogP) is 3.70. The van der Waals surface area contributed by atoms with Gasteiger partial charge >= 0.3 is 6.09 Å². The molecule has 0 saturated carbocycles. The highest BCUT2D eigenvalue weighted by molar-refractivity contribution is 9.09. The fourth-order valence-corrected chi connectivity index (χ4v) is 2.84. The lowest BCUT2D eigenvalue weighted by atomic mass is 10.2. The molecule has 0 bridgehead atoms. The van der Waals surface area contributed by atoms with Gasteiger partial charge in [0.1, 0.15) is 5.82 Å². The van der Waals surface area contributed by atoms with E-state index in [-0.39, 0.29) is 43.4 Å². The van der Waals surface area contributed by atoms with Gasteiger partial charge in [0.25, 0.3) is 0 Å². The van der Waals surface area contributed by atoms with Crippen LogP contribution in [0, 0.1) is 5.82 Å². The van der Waals surface area contributed by atoms with Gasteiger partial charge in [-0.3, -0.25) is 9.69 Å². The van der Waals surface area contributed by atoms with Gasteiger partial charge in [-0.25, -0.2) is 9.18 Å². The average Bonchev–Trinajstić information content (AvgIpc) is 2.71. The molecule has 0 radical (unpaired) electrons. The maximum atomic E-state index is 13.1. The second-order valence-corrected chi connectivity index (χ2v) is 6.64. The van der Waals surface area contributed by atoms with E-state index < -0.39 is 6.09 Å². The van der Waals surface area contributed by atoms with Crippen molar-refractivity contribution in [3.8, 4) is 0 Å². The molecule has 0 aliphatic rings. The Balaban J connectivity index is 1.92. The molecule has 2 aromatic carbocycles. The molecule has 0 saturated heterocycles. The lowest BCUT2D eigenvalue weighted by Crippen LogP contribution is -2.45. The van der Waals surface area contributed by atoms with Gasteiger partial charge in [0.15, 0.2) is 0 Å². The quantitative estimate of drug-likeness (QED) is 0.339. The topological polar surface area (TPSA) is 70.1 Å². The third kappa shape index (κ3) is 7.28. The van der Waals surface area contributed by atoms with Crippen molar-refractivity contribution in [1.82, 2.24) is 9.80 Å². The van der Waals surface area contributed by atoms with Crippen molar-refractivity contribution in [2.45, 2.75) is 13.2 Å². The summed E-state index contributed by atoms with van der Waals surface area (Å²) in [6.07, 6.45) is -1.14. The highest BCUT2D eigenvalue weighted by atomic mass is 79.9. The van der Waals surface area contributed by atoms with Crippen molar-refractivity contribution in [3.63, 3.8) is 0 Å². The Hall–Kier alpha value is -2.45. The molecule has 2 aromatic rings.